The maximum absolute atomic E-state index is 6.63. The molecule has 25 heavy (non-hydrogen) atoms. The van der Waals surface area contributed by atoms with Gasteiger partial charge in [0.2, 0.25) is 0 Å². The number of hydrogen-bond acceptors (Lipinski definition) is 1. The van der Waals surface area contributed by atoms with Gasteiger partial charge in [-0.15, -0.1) is 23.2 Å². The van der Waals surface area contributed by atoms with Gasteiger partial charge in [0, 0.05) is 32.5 Å². The molecule has 2 aromatic carbocycles. The van der Waals surface area contributed by atoms with Gasteiger partial charge in [0.15, 0.2) is 0 Å². The molecule has 0 heterocycles. The number of benzene rings is 2. The van der Waals surface area contributed by atoms with Crippen LogP contribution in [0.15, 0.2) is 57.5 Å². The van der Waals surface area contributed by atoms with Crippen molar-refractivity contribution in [2.24, 2.45) is 11.8 Å². The fraction of sp³-hybridized carbons (Fsp3) is 0.400. The summed E-state index contributed by atoms with van der Waals surface area (Å²) < 4.78 is 8.69. The molecule has 0 amide bonds. The van der Waals surface area contributed by atoms with Gasteiger partial charge in [0.1, 0.15) is 0 Å². The lowest BCUT2D eigenvalue weighted by Gasteiger charge is -2.32. The zero-order chi connectivity index (χ0) is 18.4. The maximum atomic E-state index is 6.63. The molecule has 2 rings (SSSR count). The molecule has 0 aliphatic rings. The molecular formula is C20H22Br2Cl2O. The summed E-state index contributed by atoms with van der Waals surface area (Å²) in [6.07, 6.45) is -0.214. The molecule has 2 aromatic rings. The zero-order valence-corrected chi connectivity index (χ0v) is 18.9. The Morgan fingerprint density at radius 1 is 0.800 bits per heavy atom. The summed E-state index contributed by atoms with van der Waals surface area (Å²) in [5.74, 6) is 1.40. The Hall–Kier alpha value is -0.0600. The van der Waals surface area contributed by atoms with E-state index >= 15 is 0 Å². The molecule has 0 aliphatic heterocycles. The Morgan fingerprint density at radius 2 is 1.20 bits per heavy atom. The third-order valence-electron chi connectivity index (χ3n) is 4.17. The van der Waals surface area contributed by atoms with Crippen LogP contribution in [0.4, 0.5) is 0 Å². The Morgan fingerprint density at radius 3 is 1.52 bits per heavy atom. The second kappa shape index (κ2) is 10.3. The summed E-state index contributed by atoms with van der Waals surface area (Å²) in [6, 6.07) is 16.4. The average molecular weight is 509 g/mol. The van der Waals surface area contributed by atoms with Crippen molar-refractivity contribution in [2.45, 2.75) is 26.1 Å². The molecule has 0 fully saturated rings. The standard InChI is InChI=1S/C20H22Br2Cl2O/c1-13(11-23)19(15-5-3-7-17(21)9-15)25-20(14(2)12-24)16-6-4-8-18(22)10-16/h3-10,13-14,19-20H,11-12H2,1-2H3/t13-,14-,19?,20?/m1/s1. The predicted octanol–water partition coefficient (Wildman–Crippen LogP) is 7.76. The van der Waals surface area contributed by atoms with Gasteiger partial charge in [-0.25, -0.2) is 0 Å². The van der Waals surface area contributed by atoms with Gasteiger partial charge in [-0.3, -0.25) is 0 Å². The monoisotopic (exact) mass is 506 g/mol. The number of ether oxygens (including phenoxy) is 1. The van der Waals surface area contributed by atoms with Crippen LogP contribution < -0.4 is 0 Å². The molecule has 5 heteroatoms. The zero-order valence-electron chi connectivity index (χ0n) is 14.3. The minimum Gasteiger partial charge on any atom is -0.365 e. The largest absolute Gasteiger partial charge is 0.365 e. The van der Waals surface area contributed by atoms with Crippen molar-refractivity contribution >= 4 is 55.1 Å². The van der Waals surface area contributed by atoms with Crippen molar-refractivity contribution in [1.29, 1.82) is 0 Å². The van der Waals surface area contributed by atoms with Crippen molar-refractivity contribution < 1.29 is 4.74 Å². The highest BCUT2D eigenvalue weighted by atomic mass is 79.9. The second-order valence-corrected chi connectivity index (χ2v) is 8.80. The summed E-state index contributed by atoms with van der Waals surface area (Å²) in [4.78, 5) is 0. The SMILES string of the molecule is C[C@H](CCl)C(OC(c1cccc(Br)c1)[C@H](C)CCl)c1cccc(Br)c1. The van der Waals surface area contributed by atoms with E-state index in [9.17, 15) is 0 Å². The normalized spacial score (nSPS) is 16.2. The molecule has 0 spiro atoms. The van der Waals surface area contributed by atoms with Crippen molar-refractivity contribution in [2.75, 3.05) is 11.8 Å². The quantitative estimate of drug-likeness (QED) is 0.331. The van der Waals surface area contributed by atoms with Crippen molar-refractivity contribution in [3.63, 3.8) is 0 Å². The van der Waals surface area contributed by atoms with E-state index in [4.69, 9.17) is 27.9 Å². The molecule has 0 radical (unpaired) electrons. The van der Waals surface area contributed by atoms with Crippen LogP contribution in [0, 0.1) is 11.8 Å². The molecule has 4 atom stereocenters. The summed E-state index contributed by atoms with van der Waals surface area (Å²) in [6.45, 7) is 4.23. The highest BCUT2D eigenvalue weighted by Gasteiger charge is 2.28. The highest BCUT2D eigenvalue weighted by molar-refractivity contribution is 9.10. The lowest BCUT2D eigenvalue weighted by molar-refractivity contribution is -0.0597. The van der Waals surface area contributed by atoms with Gasteiger partial charge in [-0.05, 0) is 35.4 Å². The molecule has 0 saturated carbocycles. The first kappa shape index (κ1) is 21.2. The smallest absolute Gasteiger partial charge is 0.0870 e. The van der Waals surface area contributed by atoms with Gasteiger partial charge in [0.25, 0.3) is 0 Å². The van der Waals surface area contributed by atoms with Crippen molar-refractivity contribution in [3.05, 3.63) is 68.6 Å². The van der Waals surface area contributed by atoms with E-state index in [1.807, 2.05) is 24.3 Å². The van der Waals surface area contributed by atoms with E-state index in [0.29, 0.717) is 11.8 Å². The lowest BCUT2D eigenvalue weighted by Crippen LogP contribution is -2.22. The molecule has 0 N–H and O–H groups in total. The van der Waals surface area contributed by atoms with Gasteiger partial charge in [-0.1, -0.05) is 70.0 Å². The Labute approximate surface area is 177 Å². The van der Waals surface area contributed by atoms with Crippen molar-refractivity contribution in [1.82, 2.24) is 0 Å². The third-order valence-corrected chi connectivity index (χ3v) is 6.13. The molecule has 1 nitrogen and oxygen atoms in total. The molecular weight excluding hydrogens is 487 g/mol. The van der Waals surface area contributed by atoms with Crippen LogP contribution in [0.3, 0.4) is 0 Å². The number of rotatable bonds is 8. The third kappa shape index (κ3) is 5.97. The van der Waals surface area contributed by atoms with Gasteiger partial charge < -0.3 is 4.74 Å². The molecule has 0 aromatic heterocycles. The van der Waals surface area contributed by atoms with E-state index in [1.165, 1.54) is 0 Å². The van der Waals surface area contributed by atoms with Gasteiger partial charge in [-0.2, -0.15) is 0 Å². The average Bonchev–Trinajstić information content (AvgIpc) is 2.61. The van der Waals surface area contributed by atoms with Crippen LogP contribution in [0.1, 0.15) is 37.2 Å². The maximum Gasteiger partial charge on any atom is 0.0870 e. The first-order valence-corrected chi connectivity index (χ1v) is 10.9. The van der Waals surface area contributed by atoms with Crippen LogP contribution in [0.2, 0.25) is 0 Å². The molecule has 136 valence electrons. The summed E-state index contributed by atoms with van der Waals surface area (Å²) in [5, 5.41) is 0. The Bertz CT molecular complexity index is 623. The van der Waals surface area contributed by atoms with Crippen LogP contribution in [-0.4, -0.2) is 11.8 Å². The molecule has 0 saturated heterocycles. The fourth-order valence-corrected chi connectivity index (χ4v) is 3.93. The number of alkyl halides is 2. The molecule has 0 aliphatic carbocycles. The van der Waals surface area contributed by atoms with Gasteiger partial charge in [0.05, 0.1) is 12.2 Å². The van der Waals surface area contributed by atoms with Gasteiger partial charge >= 0.3 is 0 Å². The number of halogens is 4. The Kier molecular flexibility index (Phi) is 8.77. The van der Waals surface area contributed by atoms with E-state index in [2.05, 4.69) is 70.0 Å². The van der Waals surface area contributed by atoms with Crippen molar-refractivity contribution in [3.8, 4) is 0 Å². The topological polar surface area (TPSA) is 9.23 Å². The minimum atomic E-state index is -0.107. The Balaban J connectivity index is 2.38. The van der Waals surface area contributed by atoms with Crippen LogP contribution in [0.5, 0.6) is 0 Å². The van der Waals surface area contributed by atoms with E-state index in [-0.39, 0.29) is 24.0 Å². The summed E-state index contributed by atoms with van der Waals surface area (Å²) in [5.41, 5.74) is 2.23. The highest BCUT2D eigenvalue weighted by Crippen LogP contribution is 2.38. The van der Waals surface area contributed by atoms with E-state index in [1.54, 1.807) is 0 Å². The first-order chi connectivity index (χ1) is 12.0. The summed E-state index contributed by atoms with van der Waals surface area (Å²) >= 11 is 19.5. The summed E-state index contributed by atoms with van der Waals surface area (Å²) in [7, 11) is 0. The van der Waals surface area contributed by atoms with E-state index < -0.39 is 0 Å². The number of hydrogen-bond donors (Lipinski definition) is 0. The minimum absolute atomic E-state index is 0.107. The fourth-order valence-electron chi connectivity index (χ4n) is 2.77. The van der Waals surface area contributed by atoms with E-state index in [0.717, 1.165) is 20.1 Å². The predicted molar refractivity (Wildman–Crippen MR) is 115 cm³/mol. The molecule has 0 bridgehead atoms. The molecule has 2 unspecified atom stereocenters. The first-order valence-electron chi connectivity index (χ1n) is 8.24. The van der Waals surface area contributed by atoms with Crippen LogP contribution in [0.25, 0.3) is 0 Å². The lowest BCUT2D eigenvalue weighted by atomic mass is 9.95. The van der Waals surface area contributed by atoms with Crippen LogP contribution in [-0.2, 0) is 4.74 Å². The van der Waals surface area contributed by atoms with Crippen LogP contribution >= 0.6 is 55.1 Å². The second-order valence-electron chi connectivity index (χ2n) is 6.35.